The summed E-state index contributed by atoms with van der Waals surface area (Å²) in [7, 11) is 2.05. The van der Waals surface area contributed by atoms with E-state index in [-0.39, 0.29) is 0 Å². The second-order valence-corrected chi connectivity index (χ2v) is 5.75. The highest BCUT2D eigenvalue weighted by molar-refractivity contribution is 5.55. The first kappa shape index (κ1) is 12.7. The molecule has 3 rings (SSSR count). The van der Waals surface area contributed by atoms with Gasteiger partial charge in [0.1, 0.15) is 5.82 Å². The van der Waals surface area contributed by atoms with Gasteiger partial charge in [0, 0.05) is 43.1 Å². The van der Waals surface area contributed by atoms with Gasteiger partial charge in [-0.15, -0.1) is 0 Å². The van der Waals surface area contributed by atoms with Gasteiger partial charge < -0.3 is 15.5 Å². The monoisotopic (exact) mass is 260 g/mol. The zero-order valence-electron chi connectivity index (χ0n) is 11.7. The molecule has 1 saturated heterocycles. The topological polar surface area (TPSA) is 40.2 Å². The second kappa shape index (κ2) is 5.78. The third-order valence-electron chi connectivity index (χ3n) is 4.41. The van der Waals surface area contributed by atoms with Crippen molar-refractivity contribution in [3.8, 4) is 0 Å². The van der Waals surface area contributed by atoms with Gasteiger partial charge in [-0.3, -0.25) is 0 Å². The Bertz CT molecular complexity index is 414. The lowest BCUT2D eigenvalue weighted by atomic mass is 10.2. The van der Waals surface area contributed by atoms with E-state index in [1.165, 1.54) is 37.8 Å². The molecular weight excluding hydrogens is 236 g/mol. The number of nitrogens with zero attached hydrogens (tertiary/aromatic N) is 2. The summed E-state index contributed by atoms with van der Waals surface area (Å²) < 4.78 is 0. The van der Waals surface area contributed by atoms with Gasteiger partial charge in [0.05, 0.1) is 0 Å². The van der Waals surface area contributed by atoms with E-state index in [1.54, 1.807) is 0 Å². The van der Waals surface area contributed by atoms with Crippen molar-refractivity contribution in [3.63, 3.8) is 0 Å². The molecule has 0 spiro atoms. The van der Waals surface area contributed by atoms with Crippen molar-refractivity contribution in [3.05, 3.63) is 18.3 Å². The Balaban J connectivity index is 1.65. The maximum Gasteiger partial charge on any atom is 0.128 e. The molecule has 1 aliphatic heterocycles. The Hall–Kier alpha value is -1.29. The van der Waals surface area contributed by atoms with Crippen LogP contribution in [0.1, 0.15) is 32.1 Å². The lowest BCUT2D eigenvalue weighted by Crippen LogP contribution is -2.29. The van der Waals surface area contributed by atoms with Crippen LogP contribution in [0.2, 0.25) is 0 Å². The second-order valence-electron chi connectivity index (χ2n) is 5.75. The third kappa shape index (κ3) is 3.00. The van der Waals surface area contributed by atoms with Gasteiger partial charge in [-0.2, -0.15) is 0 Å². The van der Waals surface area contributed by atoms with E-state index in [1.807, 2.05) is 13.2 Å². The third-order valence-corrected chi connectivity index (χ3v) is 4.41. The van der Waals surface area contributed by atoms with E-state index in [0.717, 1.165) is 18.9 Å². The van der Waals surface area contributed by atoms with Crippen LogP contribution >= 0.6 is 0 Å². The highest BCUT2D eigenvalue weighted by Gasteiger charge is 2.21. The van der Waals surface area contributed by atoms with Crippen LogP contribution in [-0.4, -0.2) is 37.2 Å². The van der Waals surface area contributed by atoms with Crippen LogP contribution in [0.15, 0.2) is 18.3 Å². The van der Waals surface area contributed by atoms with Gasteiger partial charge in [0.25, 0.3) is 0 Å². The van der Waals surface area contributed by atoms with Crippen LogP contribution in [0, 0.1) is 0 Å². The summed E-state index contributed by atoms with van der Waals surface area (Å²) in [5.41, 5.74) is 1.30. The maximum absolute atomic E-state index is 4.46. The van der Waals surface area contributed by atoms with Crippen molar-refractivity contribution in [2.24, 2.45) is 0 Å². The molecule has 0 amide bonds. The molecule has 4 heteroatoms. The fourth-order valence-electron chi connectivity index (χ4n) is 3.20. The molecule has 2 heterocycles. The molecule has 2 N–H and O–H groups in total. The van der Waals surface area contributed by atoms with Crippen molar-refractivity contribution in [2.75, 3.05) is 30.4 Å². The van der Waals surface area contributed by atoms with Gasteiger partial charge in [-0.25, -0.2) is 4.98 Å². The Morgan fingerprint density at radius 1 is 1.21 bits per heavy atom. The van der Waals surface area contributed by atoms with Crippen LogP contribution in [0.3, 0.4) is 0 Å². The summed E-state index contributed by atoms with van der Waals surface area (Å²) in [5, 5.41) is 6.94. The molecule has 1 aromatic rings. The first-order chi connectivity index (χ1) is 9.35. The highest BCUT2D eigenvalue weighted by Crippen LogP contribution is 2.25. The summed E-state index contributed by atoms with van der Waals surface area (Å²) >= 11 is 0. The summed E-state index contributed by atoms with van der Waals surface area (Å²) in [4.78, 5) is 6.91. The van der Waals surface area contributed by atoms with Crippen LogP contribution in [0.4, 0.5) is 11.5 Å². The average Bonchev–Trinajstić information content (AvgIpc) is 3.09. The molecule has 104 valence electrons. The molecule has 1 aromatic heterocycles. The normalized spacial score (nSPS) is 24.1. The Morgan fingerprint density at radius 3 is 2.79 bits per heavy atom. The van der Waals surface area contributed by atoms with E-state index >= 15 is 0 Å². The standard InChI is InChI=1S/C15H24N4/c1-16-13-7-9-19(11-13)14-6-8-17-15(10-14)18-12-4-2-3-5-12/h6,8,10,12-13,16H,2-5,7,9,11H2,1H3,(H,17,18)/t13-/m0/s1. The van der Waals surface area contributed by atoms with Gasteiger partial charge in [-0.05, 0) is 32.4 Å². The molecule has 2 aliphatic rings. The number of rotatable bonds is 4. The molecule has 1 saturated carbocycles. The van der Waals surface area contributed by atoms with E-state index < -0.39 is 0 Å². The number of nitrogens with one attached hydrogen (secondary N) is 2. The van der Waals surface area contributed by atoms with Crippen LogP contribution < -0.4 is 15.5 Å². The van der Waals surface area contributed by atoms with E-state index in [9.17, 15) is 0 Å². The fourth-order valence-corrected chi connectivity index (χ4v) is 3.20. The Kier molecular flexibility index (Phi) is 3.87. The number of hydrogen-bond acceptors (Lipinski definition) is 4. The largest absolute Gasteiger partial charge is 0.370 e. The van der Waals surface area contributed by atoms with Crippen molar-refractivity contribution in [1.29, 1.82) is 0 Å². The number of pyridine rings is 1. The van der Waals surface area contributed by atoms with Gasteiger partial charge >= 0.3 is 0 Å². The smallest absolute Gasteiger partial charge is 0.128 e. The molecular formula is C15H24N4. The van der Waals surface area contributed by atoms with Gasteiger partial charge in [0.15, 0.2) is 0 Å². The van der Waals surface area contributed by atoms with Gasteiger partial charge in [-0.1, -0.05) is 12.8 Å². The lowest BCUT2D eigenvalue weighted by Gasteiger charge is -2.20. The van der Waals surface area contributed by atoms with E-state index in [0.29, 0.717) is 12.1 Å². The van der Waals surface area contributed by atoms with Crippen LogP contribution in [-0.2, 0) is 0 Å². The lowest BCUT2D eigenvalue weighted by molar-refractivity contribution is 0.617. The van der Waals surface area contributed by atoms with Crippen molar-refractivity contribution >= 4 is 11.5 Å². The first-order valence-corrected chi connectivity index (χ1v) is 7.50. The number of anilines is 2. The van der Waals surface area contributed by atoms with Crippen molar-refractivity contribution in [1.82, 2.24) is 10.3 Å². The molecule has 1 atom stereocenters. The zero-order chi connectivity index (χ0) is 13.1. The number of aromatic nitrogens is 1. The minimum atomic E-state index is 0.624. The molecule has 0 aromatic carbocycles. The zero-order valence-corrected chi connectivity index (χ0v) is 11.7. The minimum Gasteiger partial charge on any atom is -0.370 e. The number of hydrogen-bond donors (Lipinski definition) is 2. The van der Waals surface area contributed by atoms with Crippen LogP contribution in [0.5, 0.6) is 0 Å². The summed E-state index contributed by atoms with van der Waals surface area (Å²) in [6.45, 7) is 2.24. The molecule has 19 heavy (non-hydrogen) atoms. The molecule has 1 aliphatic carbocycles. The van der Waals surface area contributed by atoms with Crippen molar-refractivity contribution < 1.29 is 0 Å². The van der Waals surface area contributed by atoms with Crippen molar-refractivity contribution in [2.45, 2.75) is 44.2 Å². The average molecular weight is 260 g/mol. The Labute approximate surface area is 115 Å². The Morgan fingerprint density at radius 2 is 2.05 bits per heavy atom. The predicted octanol–water partition coefficient (Wildman–Crippen LogP) is 2.23. The van der Waals surface area contributed by atoms with E-state index in [4.69, 9.17) is 0 Å². The summed E-state index contributed by atoms with van der Waals surface area (Å²) in [5.74, 6) is 1.04. The van der Waals surface area contributed by atoms with Crippen LogP contribution in [0.25, 0.3) is 0 Å². The maximum atomic E-state index is 4.46. The highest BCUT2D eigenvalue weighted by atomic mass is 15.2. The molecule has 0 unspecified atom stereocenters. The summed E-state index contributed by atoms with van der Waals surface area (Å²) in [6, 6.07) is 5.58. The minimum absolute atomic E-state index is 0.624. The predicted molar refractivity (Wildman–Crippen MR) is 79.8 cm³/mol. The molecule has 0 radical (unpaired) electrons. The molecule has 2 fully saturated rings. The number of likely N-dealkylation sites (N-methyl/N-ethyl adjacent to an activating group) is 1. The first-order valence-electron chi connectivity index (χ1n) is 7.50. The molecule has 4 nitrogen and oxygen atoms in total. The quantitative estimate of drug-likeness (QED) is 0.871. The fraction of sp³-hybridized carbons (Fsp3) is 0.667. The molecule has 0 bridgehead atoms. The van der Waals surface area contributed by atoms with E-state index in [2.05, 4.69) is 32.7 Å². The SMILES string of the molecule is CN[C@H]1CCN(c2ccnc(NC3CCCC3)c2)C1. The summed E-state index contributed by atoms with van der Waals surface area (Å²) in [6.07, 6.45) is 8.44. The van der Waals surface area contributed by atoms with Gasteiger partial charge in [0.2, 0.25) is 0 Å².